The van der Waals surface area contributed by atoms with Gasteiger partial charge in [-0.05, 0) is 34.9 Å². The van der Waals surface area contributed by atoms with E-state index in [9.17, 15) is 19.2 Å². The molecule has 13 nitrogen and oxygen atoms in total. The van der Waals surface area contributed by atoms with E-state index in [1.165, 1.54) is 16.3 Å². The quantitative estimate of drug-likeness (QED) is 0.248. The van der Waals surface area contributed by atoms with Crippen molar-refractivity contribution >= 4 is 55.6 Å². The molecule has 0 aliphatic carbocycles. The molecule has 7 rings (SSSR count). The Bertz CT molecular complexity index is 1990. The van der Waals surface area contributed by atoms with Crippen molar-refractivity contribution in [1.82, 2.24) is 35.1 Å². The molecule has 0 saturated carbocycles. The smallest absolute Gasteiger partial charge is 0.408 e. The molecule has 4 amide bonds. The van der Waals surface area contributed by atoms with Gasteiger partial charge in [0.05, 0.1) is 28.8 Å². The molecule has 4 heterocycles. The van der Waals surface area contributed by atoms with Gasteiger partial charge in [-0.2, -0.15) is 5.01 Å². The summed E-state index contributed by atoms with van der Waals surface area (Å²) in [5, 5.41) is 6.47. The zero-order chi connectivity index (χ0) is 31.2. The number of aromatic amines is 1. The summed E-state index contributed by atoms with van der Waals surface area (Å²) in [5.74, 6) is -1.06. The molecule has 2 aromatic heterocycles. The number of piperazine rings is 1. The Kier molecular flexibility index (Phi) is 7.22. The van der Waals surface area contributed by atoms with Crippen molar-refractivity contribution in [3.05, 3.63) is 94.0 Å². The van der Waals surface area contributed by atoms with Crippen LogP contribution in [0.2, 0.25) is 0 Å². The maximum atomic E-state index is 14.2. The zero-order valence-electron chi connectivity index (χ0n) is 24.3. The van der Waals surface area contributed by atoms with Crippen LogP contribution in [0.15, 0.2) is 75.9 Å². The molecule has 230 valence electrons. The Hall–Kier alpha value is -5.21. The first kappa shape index (κ1) is 28.6. The maximum Gasteiger partial charge on any atom is 0.417 e. The topological polar surface area (TPSA) is 161 Å². The standard InChI is InChI=1S/C31H30N8O5S/c1-36(30(42)33-14-18-6-3-2-4-7-18)38-17-26(40)39-22(12-19-10-11-21-23(13-19)44-31(43)34-21)28(41)37(16-25(38)39)15-20-8-5-9-24-27(20)35-29(32)45-24/h2-11,13,22,25H,12,14-17H2,1H3,(H2,32,35)(H,33,42)(H,34,43)/t22-,25+/m0/s1. The number of fused-ring (bicyclic) bond motifs is 3. The fraction of sp³-hybridized carbons (Fsp3) is 0.258. The predicted molar refractivity (Wildman–Crippen MR) is 168 cm³/mol. The van der Waals surface area contributed by atoms with Crippen molar-refractivity contribution in [3.63, 3.8) is 0 Å². The second-order valence-corrected chi connectivity index (χ2v) is 12.2. The molecule has 0 radical (unpaired) electrons. The number of thiazole rings is 1. The SMILES string of the molecule is CN(C(=O)NCc1ccccc1)N1CC(=O)N2[C@@H](Cc3ccc4[nH]c(=O)oc4c3)C(=O)N(Cc3cccc4sc(N)nc34)C[C@@H]21. The monoisotopic (exact) mass is 626 g/mol. The number of hydrogen-bond acceptors (Lipinski definition) is 9. The highest BCUT2D eigenvalue weighted by Gasteiger charge is 2.51. The van der Waals surface area contributed by atoms with Gasteiger partial charge in [0.25, 0.3) is 0 Å². The number of aromatic nitrogens is 2. The third kappa shape index (κ3) is 5.38. The molecule has 2 fully saturated rings. The van der Waals surface area contributed by atoms with Crippen molar-refractivity contribution < 1.29 is 18.8 Å². The molecule has 4 N–H and O–H groups in total. The lowest BCUT2D eigenvalue weighted by molar-refractivity contribution is -0.157. The van der Waals surface area contributed by atoms with Gasteiger partial charge in [-0.25, -0.2) is 14.6 Å². The first-order valence-corrected chi connectivity index (χ1v) is 15.2. The highest BCUT2D eigenvalue weighted by Crippen LogP contribution is 2.32. The summed E-state index contributed by atoms with van der Waals surface area (Å²) >= 11 is 1.38. The summed E-state index contributed by atoms with van der Waals surface area (Å²) < 4.78 is 6.16. The lowest BCUT2D eigenvalue weighted by atomic mass is 9.99. The largest absolute Gasteiger partial charge is 0.417 e. The number of nitrogens with one attached hydrogen (secondary N) is 2. The lowest BCUT2D eigenvalue weighted by Crippen LogP contribution is -2.65. The number of oxazole rings is 1. The van der Waals surface area contributed by atoms with Crippen LogP contribution in [-0.2, 0) is 29.1 Å². The average Bonchev–Trinajstić information content (AvgIpc) is 3.71. The van der Waals surface area contributed by atoms with Crippen LogP contribution in [0, 0.1) is 0 Å². The Balaban J connectivity index is 1.19. The highest BCUT2D eigenvalue weighted by molar-refractivity contribution is 7.22. The van der Waals surface area contributed by atoms with E-state index in [1.807, 2.05) is 48.5 Å². The van der Waals surface area contributed by atoms with Crippen LogP contribution in [-0.4, -0.2) is 80.0 Å². The van der Waals surface area contributed by atoms with Gasteiger partial charge in [-0.1, -0.05) is 59.9 Å². The van der Waals surface area contributed by atoms with Gasteiger partial charge in [-0.3, -0.25) is 19.6 Å². The lowest BCUT2D eigenvalue weighted by Gasteiger charge is -2.45. The Morgan fingerprint density at radius 1 is 1.11 bits per heavy atom. The molecular weight excluding hydrogens is 596 g/mol. The van der Waals surface area contributed by atoms with Crippen molar-refractivity contribution in [2.24, 2.45) is 0 Å². The van der Waals surface area contributed by atoms with Crippen LogP contribution in [0.4, 0.5) is 9.93 Å². The number of hydrazine groups is 1. The van der Waals surface area contributed by atoms with Crippen molar-refractivity contribution in [1.29, 1.82) is 0 Å². The minimum Gasteiger partial charge on any atom is -0.408 e. The van der Waals surface area contributed by atoms with E-state index in [0.717, 1.165) is 26.9 Å². The van der Waals surface area contributed by atoms with E-state index in [4.69, 9.17) is 10.2 Å². The number of urea groups is 1. The molecule has 2 aliphatic heterocycles. The van der Waals surface area contributed by atoms with E-state index in [0.29, 0.717) is 22.8 Å². The summed E-state index contributed by atoms with van der Waals surface area (Å²) in [6.45, 7) is 0.685. The van der Waals surface area contributed by atoms with Gasteiger partial charge >= 0.3 is 11.8 Å². The number of nitrogen functional groups attached to an aromatic ring is 1. The summed E-state index contributed by atoms with van der Waals surface area (Å²) in [4.78, 5) is 63.2. The number of amides is 4. The van der Waals surface area contributed by atoms with Crippen LogP contribution in [0.5, 0.6) is 0 Å². The van der Waals surface area contributed by atoms with Gasteiger partial charge < -0.3 is 25.3 Å². The molecule has 2 atom stereocenters. The number of nitrogens with zero attached hydrogens (tertiary/aromatic N) is 5. The van der Waals surface area contributed by atoms with Crippen LogP contribution in [0.3, 0.4) is 0 Å². The van der Waals surface area contributed by atoms with Crippen LogP contribution in [0.1, 0.15) is 16.7 Å². The van der Waals surface area contributed by atoms with Gasteiger partial charge in [-0.15, -0.1) is 0 Å². The van der Waals surface area contributed by atoms with E-state index < -0.39 is 18.0 Å². The summed E-state index contributed by atoms with van der Waals surface area (Å²) in [5.41, 5.74) is 10.1. The van der Waals surface area contributed by atoms with Gasteiger partial charge in [0.1, 0.15) is 12.2 Å². The van der Waals surface area contributed by atoms with Crippen molar-refractivity contribution in [3.8, 4) is 0 Å². The molecule has 0 bridgehead atoms. The Morgan fingerprint density at radius 2 is 1.93 bits per heavy atom. The number of anilines is 1. The fourth-order valence-corrected chi connectivity index (χ4v) is 6.93. The molecule has 45 heavy (non-hydrogen) atoms. The molecule has 14 heteroatoms. The third-order valence-electron chi connectivity index (χ3n) is 8.33. The van der Waals surface area contributed by atoms with Gasteiger partial charge in [0, 0.05) is 26.6 Å². The number of H-pyrrole nitrogens is 1. The number of para-hydroxylation sites is 1. The van der Waals surface area contributed by atoms with Crippen LogP contribution in [0.25, 0.3) is 21.3 Å². The second kappa shape index (κ2) is 11.4. The zero-order valence-corrected chi connectivity index (χ0v) is 25.1. The third-order valence-corrected chi connectivity index (χ3v) is 9.18. The highest BCUT2D eigenvalue weighted by atomic mass is 32.1. The van der Waals surface area contributed by atoms with E-state index in [1.54, 1.807) is 40.1 Å². The summed E-state index contributed by atoms with van der Waals surface area (Å²) in [6.07, 6.45) is -0.408. The van der Waals surface area contributed by atoms with Gasteiger partial charge in [0.15, 0.2) is 10.7 Å². The van der Waals surface area contributed by atoms with Crippen molar-refractivity contribution in [2.75, 3.05) is 25.9 Å². The Labute approximate surface area is 260 Å². The second-order valence-electron chi connectivity index (χ2n) is 11.1. The summed E-state index contributed by atoms with van der Waals surface area (Å²) in [7, 11) is 1.62. The maximum absolute atomic E-state index is 14.2. The first-order chi connectivity index (χ1) is 21.7. The molecule has 0 spiro atoms. The number of benzene rings is 3. The van der Waals surface area contributed by atoms with Crippen LogP contribution < -0.4 is 16.8 Å². The van der Waals surface area contributed by atoms with Crippen LogP contribution >= 0.6 is 11.3 Å². The number of rotatable bonds is 7. The Morgan fingerprint density at radius 3 is 2.76 bits per heavy atom. The van der Waals surface area contributed by atoms with E-state index >= 15 is 0 Å². The number of nitrogens with two attached hydrogens (primary N) is 1. The first-order valence-electron chi connectivity index (χ1n) is 14.4. The summed E-state index contributed by atoms with van der Waals surface area (Å²) in [6, 6.07) is 19.3. The average molecular weight is 627 g/mol. The molecule has 5 aromatic rings. The number of carbonyl (C=O) groups is 3. The molecular formula is C31H30N8O5S. The number of hydrogen-bond donors (Lipinski definition) is 3. The predicted octanol–water partition coefficient (Wildman–Crippen LogP) is 2.49. The fourth-order valence-electron chi connectivity index (χ4n) is 6.15. The normalized spacial score (nSPS) is 18.6. The van der Waals surface area contributed by atoms with E-state index in [2.05, 4.69) is 15.3 Å². The van der Waals surface area contributed by atoms with Crippen molar-refractivity contribution in [2.45, 2.75) is 31.7 Å². The van der Waals surface area contributed by atoms with E-state index in [-0.39, 0.29) is 43.9 Å². The molecule has 0 unspecified atom stereocenters. The van der Waals surface area contributed by atoms with Gasteiger partial charge in [0.2, 0.25) is 11.8 Å². The molecule has 2 saturated heterocycles. The minimum atomic E-state index is -0.857. The minimum absolute atomic E-state index is 0.0680. The molecule has 2 aliphatic rings. The number of carbonyl (C=O) groups excluding carboxylic acids is 3. The molecule has 3 aromatic carbocycles.